The second-order valence-electron chi connectivity index (χ2n) is 3.59. The average molecular weight is 224 g/mol. The molecule has 0 aliphatic carbocycles. The fourth-order valence-electron chi connectivity index (χ4n) is 1.37. The Kier molecular flexibility index (Phi) is 5.44. The fraction of sp³-hybridized carbons (Fsp3) is 0.385. The lowest BCUT2D eigenvalue weighted by atomic mass is 10.1. The molecule has 1 nitrogen and oxygen atoms in total. The zero-order valence-corrected chi connectivity index (χ0v) is 10.1. The van der Waals surface area contributed by atoms with Crippen LogP contribution in [0.2, 0.25) is 5.02 Å². The third-order valence-corrected chi connectivity index (χ3v) is 2.64. The predicted octanol–water partition coefficient (Wildman–Crippen LogP) is 3.70. The Morgan fingerprint density at radius 1 is 1.33 bits per heavy atom. The summed E-state index contributed by atoms with van der Waals surface area (Å²) in [7, 11) is 0. The van der Waals surface area contributed by atoms with E-state index < -0.39 is 0 Å². The van der Waals surface area contributed by atoms with E-state index >= 15 is 0 Å². The lowest BCUT2D eigenvalue weighted by Crippen LogP contribution is -2.12. The van der Waals surface area contributed by atoms with Gasteiger partial charge in [-0.2, -0.15) is 0 Å². The zero-order chi connectivity index (χ0) is 11.1. The average Bonchev–Trinajstić information content (AvgIpc) is 2.23. The standard InChI is InChI=1S/C13H18ClN/c1-3-4-5-8-15-10-12-6-7-13(14)11(2)9-12/h4-7,9,15H,3,8,10H2,1-2H3/b5-4+. The topological polar surface area (TPSA) is 12.0 Å². The highest BCUT2D eigenvalue weighted by Gasteiger charge is 1.96. The first-order chi connectivity index (χ1) is 7.24. The van der Waals surface area contributed by atoms with Crippen molar-refractivity contribution in [1.82, 2.24) is 5.32 Å². The van der Waals surface area contributed by atoms with Crippen LogP contribution >= 0.6 is 11.6 Å². The number of allylic oxidation sites excluding steroid dienone is 1. The molecule has 0 aliphatic rings. The minimum Gasteiger partial charge on any atom is -0.309 e. The summed E-state index contributed by atoms with van der Waals surface area (Å²) in [6.45, 7) is 5.99. The van der Waals surface area contributed by atoms with Crippen molar-refractivity contribution < 1.29 is 0 Å². The summed E-state index contributed by atoms with van der Waals surface area (Å²) in [4.78, 5) is 0. The van der Waals surface area contributed by atoms with Gasteiger partial charge in [0.25, 0.3) is 0 Å². The molecule has 1 rings (SSSR count). The molecule has 0 unspecified atom stereocenters. The number of hydrogen-bond acceptors (Lipinski definition) is 1. The third kappa shape index (κ3) is 4.50. The number of nitrogens with one attached hydrogen (secondary N) is 1. The van der Waals surface area contributed by atoms with Gasteiger partial charge in [0.2, 0.25) is 0 Å². The van der Waals surface area contributed by atoms with Crippen LogP contribution < -0.4 is 5.32 Å². The van der Waals surface area contributed by atoms with Gasteiger partial charge in [-0.15, -0.1) is 0 Å². The predicted molar refractivity (Wildman–Crippen MR) is 67.3 cm³/mol. The van der Waals surface area contributed by atoms with Crippen molar-refractivity contribution in [2.75, 3.05) is 6.54 Å². The van der Waals surface area contributed by atoms with Gasteiger partial charge in [0.05, 0.1) is 0 Å². The fourth-order valence-corrected chi connectivity index (χ4v) is 1.48. The van der Waals surface area contributed by atoms with Gasteiger partial charge in [0.1, 0.15) is 0 Å². The molecule has 0 aromatic heterocycles. The van der Waals surface area contributed by atoms with Gasteiger partial charge in [0, 0.05) is 18.1 Å². The summed E-state index contributed by atoms with van der Waals surface area (Å²) in [5.41, 5.74) is 2.42. The van der Waals surface area contributed by atoms with E-state index in [1.54, 1.807) is 0 Å². The van der Waals surface area contributed by atoms with Crippen LogP contribution in [0.15, 0.2) is 30.4 Å². The SMILES string of the molecule is CC/C=C/CNCc1ccc(Cl)c(C)c1. The van der Waals surface area contributed by atoms with Crippen LogP contribution in [-0.4, -0.2) is 6.54 Å². The summed E-state index contributed by atoms with van der Waals surface area (Å²) in [6.07, 6.45) is 5.42. The van der Waals surface area contributed by atoms with Gasteiger partial charge in [-0.05, 0) is 30.5 Å². The molecule has 0 saturated heterocycles. The van der Waals surface area contributed by atoms with Crippen molar-refractivity contribution in [3.63, 3.8) is 0 Å². The van der Waals surface area contributed by atoms with Crippen LogP contribution in [0.3, 0.4) is 0 Å². The molecular formula is C13H18ClN. The molecule has 82 valence electrons. The van der Waals surface area contributed by atoms with E-state index in [4.69, 9.17) is 11.6 Å². The second kappa shape index (κ2) is 6.65. The van der Waals surface area contributed by atoms with E-state index in [0.29, 0.717) is 0 Å². The Morgan fingerprint density at radius 3 is 2.80 bits per heavy atom. The molecule has 1 aromatic rings. The highest BCUT2D eigenvalue weighted by atomic mass is 35.5. The largest absolute Gasteiger partial charge is 0.309 e. The van der Waals surface area contributed by atoms with Gasteiger partial charge >= 0.3 is 0 Å². The van der Waals surface area contributed by atoms with Crippen LogP contribution in [0, 0.1) is 6.92 Å². The van der Waals surface area contributed by atoms with E-state index in [0.717, 1.165) is 30.1 Å². The van der Waals surface area contributed by atoms with Crippen molar-refractivity contribution in [2.24, 2.45) is 0 Å². The van der Waals surface area contributed by atoms with Gasteiger partial charge in [-0.25, -0.2) is 0 Å². The molecule has 0 amide bonds. The first kappa shape index (κ1) is 12.3. The molecule has 15 heavy (non-hydrogen) atoms. The first-order valence-electron chi connectivity index (χ1n) is 5.34. The van der Waals surface area contributed by atoms with Gasteiger partial charge < -0.3 is 5.32 Å². The number of rotatable bonds is 5. The molecule has 0 atom stereocenters. The van der Waals surface area contributed by atoms with Gasteiger partial charge in [-0.3, -0.25) is 0 Å². The quantitative estimate of drug-likeness (QED) is 0.593. The van der Waals surface area contributed by atoms with E-state index in [2.05, 4.69) is 36.5 Å². The number of benzene rings is 1. The van der Waals surface area contributed by atoms with Gasteiger partial charge in [-0.1, -0.05) is 42.8 Å². The smallest absolute Gasteiger partial charge is 0.0435 e. The lowest BCUT2D eigenvalue weighted by molar-refractivity contribution is 0.758. The number of halogens is 1. The molecule has 1 N–H and O–H groups in total. The molecule has 0 bridgehead atoms. The highest BCUT2D eigenvalue weighted by Crippen LogP contribution is 2.15. The maximum Gasteiger partial charge on any atom is 0.0435 e. The van der Waals surface area contributed by atoms with Crippen LogP contribution in [0.1, 0.15) is 24.5 Å². The lowest BCUT2D eigenvalue weighted by Gasteiger charge is -2.04. The minimum absolute atomic E-state index is 0.838. The van der Waals surface area contributed by atoms with Crippen molar-refractivity contribution in [3.05, 3.63) is 46.5 Å². The molecule has 0 radical (unpaired) electrons. The summed E-state index contributed by atoms with van der Waals surface area (Å²) in [5.74, 6) is 0. The van der Waals surface area contributed by atoms with E-state index in [1.165, 1.54) is 5.56 Å². The van der Waals surface area contributed by atoms with Crippen molar-refractivity contribution in [2.45, 2.75) is 26.8 Å². The zero-order valence-electron chi connectivity index (χ0n) is 9.39. The van der Waals surface area contributed by atoms with E-state index in [1.807, 2.05) is 13.0 Å². The van der Waals surface area contributed by atoms with Crippen molar-refractivity contribution >= 4 is 11.6 Å². The Hall–Kier alpha value is -0.790. The molecule has 0 fully saturated rings. The second-order valence-corrected chi connectivity index (χ2v) is 4.00. The summed E-state index contributed by atoms with van der Waals surface area (Å²) >= 11 is 5.95. The summed E-state index contributed by atoms with van der Waals surface area (Å²) < 4.78 is 0. The maximum atomic E-state index is 5.95. The van der Waals surface area contributed by atoms with Crippen molar-refractivity contribution in [1.29, 1.82) is 0 Å². The maximum absolute atomic E-state index is 5.95. The molecule has 0 spiro atoms. The summed E-state index contributed by atoms with van der Waals surface area (Å²) in [5, 5.41) is 4.19. The van der Waals surface area contributed by atoms with Crippen LogP contribution in [-0.2, 0) is 6.54 Å². The molecule has 1 aromatic carbocycles. The Balaban J connectivity index is 2.38. The minimum atomic E-state index is 0.838. The van der Waals surface area contributed by atoms with Crippen LogP contribution in [0.5, 0.6) is 0 Å². The Bertz CT molecular complexity index is 331. The highest BCUT2D eigenvalue weighted by molar-refractivity contribution is 6.31. The number of aryl methyl sites for hydroxylation is 1. The Labute approximate surface area is 97.1 Å². The molecule has 0 saturated carbocycles. The van der Waals surface area contributed by atoms with E-state index in [-0.39, 0.29) is 0 Å². The monoisotopic (exact) mass is 223 g/mol. The molecular weight excluding hydrogens is 206 g/mol. The molecule has 0 aliphatic heterocycles. The van der Waals surface area contributed by atoms with Crippen LogP contribution in [0.25, 0.3) is 0 Å². The third-order valence-electron chi connectivity index (χ3n) is 2.22. The normalized spacial score (nSPS) is 11.1. The van der Waals surface area contributed by atoms with E-state index in [9.17, 15) is 0 Å². The molecule has 0 heterocycles. The van der Waals surface area contributed by atoms with Gasteiger partial charge in [0.15, 0.2) is 0 Å². The van der Waals surface area contributed by atoms with Crippen LogP contribution in [0.4, 0.5) is 0 Å². The number of hydrogen-bond donors (Lipinski definition) is 1. The van der Waals surface area contributed by atoms with Crippen molar-refractivity contribution in [3.8, 4) is 0 Å². The Morgan fingerprint density at radius 2 is 2.13 bits per heavy atom. The molecule has 2 heteroatoms. The summed E-state index contributed by atoms with van der Waals surface area (Å²) in [6, 6.07) is 6.14. The first-order valence-corrected chi connectivity index (χ1v) is 5.72.